The van der Waals surface area contributed by atoms with Gasteiger partial charge >= 0.3 is 0 Å². The lowest BCUT2D eigenvalue weighted by Gasteiger charge is -2.12. The average molecular weight is 402 g/mol. The summed E-state index contributed by atoms with van der Waals surface area (Å²) >= 11 is 0. The fourth-order valence-electron chi connectivity index (χ4n) is 3.24. The molecule has 3 aromatic rings. The Kier molecular flexibility index (Phi) is 6.91. The molecule has 0 aliphatic carbocycles. The van der Waals surface area contributed by atoms with Gasteiger partial charge < -0.3 is 14.8 Å². The number of nitrogens with one attached hydrogen (secondary N) is 1. The monoisotopic (exact) mass is 401 g/mol. The van der Waals surface area contributed by atoms with Crippen LogP contribution in [0.3, 0.4) is 0 Å². The van der Waals surface area contributed by atoms with Crippen molar-refractivity contribution < 1.29 is 14.3 Å². The first-order valence-corrected chi connectivity index (χ1v) is 9.87. The fourth-order valence-corrected chi connectivity index (χ4v) is 3.24. The summed E-state index contributed by atoms with van der Waals surface area (Å²) in [5, 5.41) is 2.90. The molecular weight excluding hydrogens is 374 g/mol. The third kappa shape index (κ3) is 5.74. The van der Waals surface area contributed by atoms with E-state index in [1.54, 1.807) is 13.2 Å². The molecule has 0 aromatic heterocycles. The Balaban J connectivity index is 1.66. The summed E-state index contributed by atoms with van der Waals surface area (Å²) in [5.74, 6) is 1.11. The van der Waals surface area contributed by atoms with Gasteiger partial charge in [-0.05, 0) is 78.9 Å². The van der Waals surface area contributed by atoms with E-state index in [1.165, 1.54) is 11.6 Å². The Hall–Kier alpha value is -3.53. The lowest BCUT2D eigenvalue weighted by Crippen LogP contribution is -2.08. The molecule has 0 radical (unpaired) electrons. The van der Waals surface area contributed by atoms with Crippen LogP contribution >= 0.6 is 0 Å². The molecule has 0 aliphatic heterocycles. The zero-order valence-corrected chi connectivity index (χ0v) is 17.9. The zero-order chi connectivity index (χ0) is 21.5. The number of carbonyl (C=O) groups is 1. The van der Waals surface area contributed by atoms with Crippen LogP contribution in [0.2, 0.25) is 0 Å². The van der Waals surface area contributed by atoms with Crippen LogP contribution in [-0.4, -0.2) is 13.0 Å². The largest absolute Gasteiger partial charge is 0.493 e. The standard InChI is InChI=1S/C26H27NO3/c1-18-13-19(2)15-23(14-18)27-26(28)12-10-21-9-11-24(25(16-21)29-4)30-17-22-8-6-5-7-20(22)3/h5-16H,17H2,1-4H3,(H,27,28). The van der Waals surface area contributed by atoms with Gasteiger partial charge in [0.15, 0.2) is 11.5 Å². The maximum absolute atomic E-state index is 12.3. The molecule has 0 saturated heterocycles. The van der Waals surface area contributed by atoms with E-state index < -0.39 is 0 Å². The van der Waals surface area contributed by atoms with Crippen LogP contribution in [0.4, 0.5) is 5.69 Å². The molecule has 30 heavy (non-hydrogen) atoms. The number of aryl methyl sites for hydroxylation is 3. The van der Waals surface area contributed by atoms with Gasteiger partial charge in [-0.3, -0.25) is 4.79 Å². The molecule has 4 heteroatoms. The minimum Gasteiger partial charge on any atom is -0.493 e. The highest BCUT2D eigenvalue weighted by Gasteiger charge is 2.07. The minimum atomic E-state index is -0.182. The first kappa shape index (κ1) is 21.2. The number of hydrogen-bond donors (Lipinski definition) is 1. The van der Waals surface area contributed by atoms with E-state index in [2.05, 4.69) is 24.4 Å². The molecule has 3 aromatic carbocycles. The van der Waals surface area contributed by atoms with Crippen LogP contribution in [-0.2, 0) is 11.4 Å². The van der Waals surface area contributed by atoms with E-state index in [-0.39, 0.29) is 5.91 Å². The molecule has 1 amide bonds. The predicted octanol–water partition coefficient (Wildman–Crippen LogP) is 5.85. The second kappa shape index (κ2) is 9.79. The Labute approximate surface area is 178 Å². The van der Waals surface area contributed by atoms with Gasteiger partial charge in [0, 0.05) is 11.8 Å². The number of anilines is 1. The molecule has 0 aliphatic rings. The average Bonchev–Trinajstić information content (AvgIpc) is 2.71. The summed E-state index contributed by atoms with van der Waals surface area (Å²) < 4.78 is 11.4. The topological polar surface area (TPSA) is 47.6 Å². The summed E-state index contributed by atoms with van der Waals surface area (Å²) in [7, 11) is 1.61. The predicted molar refractivity (Wildman–Crippen MR) is 122 cm³/mol. The van der Waals surface area contributed by atoms with Crippen LogP contribution in [0.5, 0.6) is 11.5 Å². The van der Waals surface area contributed by atoms with E-state index in [4.69, 9.17) is 9.47 Å². The van der Waals surface area contributed by atoms with E-state index >= 15 is 0 Å². The molecule has 0 spiro atoms. The van der Waals surface area contributed by atoms with Crippen LogP contribution in [0.1, 0.15) is 27.8 Å². The van der Waals surface area contributed by atoms with Crippen molar-refractivity contribution in [2.24, 2.45) is 0 Å². The summed E-state index contributed by atoms with van der Waals surface area (Å²) in [6, 6.07) is 19.7. The van der Waals surface area contributed by atoms with E-state index in [0.717, 1.165) is 27.9 Å². The molecule has 1 N–H and O–H groups in total. The second-order valence-corrected chi connectivity index (χ2v) is 7.32. The van der Waals surface area contributed by atoms with Gasteiger partial charge in [-0.1, -0.05) is 36.4 Å². The van der Waals surface area contributed by atoms with Crippen molar-refractivity contribution >= 4 is 17.7 Å². The van der Waals surface area contributed by atoms with Gasteiger partial charge in [-0.15, -0.1) is 0 Å². The molecule has 3 rings (SSSR count). The van der Waals surface area contributed by atoms with E-state index in [1.807, 2.05) is 62.4 Å². The molecule has 4 nitrogen and oxygen atoms in total. The van der Waals surface area contributed by atoms with E-state index in [9.17, 15) is 4.79 Å². The summed E-state index contributed by atoms with van der Waals surface area (Å²) in [4.78, 5) is 12.3. The van der Waals surface area contributed by atoms with Crippen molar-refractivity contribution in [3.8, 4) is 11.5 Å². The first-order chi connectivity index (χ1) is 14.4. The smallest absolute Gasteiger partial charge is 0.248 e. The van der Waals surface area contributed by atoms with Crippen molar-refractivity contribution in [3.63, 3.8) is 0 Å². The maximum Gasteiger partial charge on any atom is 0.248 e. The second-order valence-electron chi connectivity index (χ2n) is 7.32. The summed E-state index contributed by atoms with van der Waals surface area (Å²) in [6.45, 7) is 6.55. The SMILES string of the molecule is COc1cc(C=CC(=O)Nc2cc(C)cc(C)c2)ccc1OCc1ccccc1C. The number of hydrogen-bond acceptors (Lipinski definition) is 3. The Morgan fingerprint density at radius 3 is 2.37 bits per heavy atom. The lowest BCUT2D eigenvalue weighted by molar-refractivity contribution is -0.111. The fraction of sp³-hybridized carbons (Fsp3) is 0.192. The quantitative estimate of drug-likeness (QED) is 0.505. The van der Waals surface area contributed by atoms with Gasteiger partial charge in [-0.25, -0.2) is 0 Å². The maximum atomic E-state index is 12.3. The van der Waals surface area contributed by atoms with E-state index in [0.29, 0.717) is 18.1 Å². The summed E-state index contributed by atoms with van der Waals surface area (Å²) in [5.41, 5.74) is 6.18. The molecule has 0 bridgehead atoms. The third-order valence-corrected chi connectivity index (χ3v) is 4.75. The minimum absolute atomic E-state index is 0.182. The van der Waals surface area contributed by atoms with Crippen molar-refractivity contribution in [2.75, 3.05) is 12.4 Å². The Morgan fingerprint density at radius 2 is 1.67 bits per heavy atom. The number of carbonyl (C=O) groups excluding carboxylic acids is 1. The third-order valence-electron chi connectivity index (χ3n) is 4.75. The molecule has 154 valence electrons. The highest BCUT2D eigenvalue weighted by Crippen LogP contribution is 2.29. The van der Waals surface area contributed by atoms with Gasteiger partial charge in [0.2, 0.25) is 5.91 Å². The molecule has 0 fully saturated rings. The zero-order valence-electron chi connectivity index (χ0n) is 17.9. The van der Waals surface area contributed by atoms with Crippen LogP contribution in [0.15, 0.2) is 66.7 Å². The van der Waals surface area contributed by atoms with Crippen molar-refractivity contribution in [3.05, 3.63) is 94.6 Å². The lowest BCUT2D eigenvalue weighted by atomic mass is 10.1. The normalized spacial score (nSPS) is 10.8. The molecule has 0 unspecified atom stereocenters. The summed E-state index contributed by atoms with van der Waals surface area (Å²) in [6.07, 6.45) is 3.27. The Morgan fingerprint density at radius 1 is 0.933 bits per heavy atom. The molecule has 0 atom stereocenters. The number of rotatable bonds is 7. The van der Waals surface area contributed by atoms with Crippen LogP contribution in [0, 0.1) is 20.8 Å². The molecule has 0 heterocycles. The van der Waals surface area contributed by atoms with Gasteiger partial charge in [0.25, 0.3) is 0 Å². The van der Waals surface area contributed by atoms with Crippen molar-refractivity contribution in [1.82, 2.24) is 0 Å². The van der Waals surface area contributed by atoms with Crippen LogP contribution in [0.25, 0.3) is 6.08 Å². The first-order valence-electron chi connectivity index (χ1n) is 9.87. The number of amides is 1. The van der Waals surface area contributed by atoms with Crippen molar-refractivity contribution in [2.45, 2.75) is 27.4 Å². The number of benzene rings is 3. The highest BCUT2D eigenvalue weighted by atomic mass is 16.5. The molecule has 0 saturated carbocycles. The number of methoxy groups -OCH3 is 1. The van der Waals surface area contributed by atoms with Gasteiger partial charge in [-0.2, -0.15) is 0 Å². The van der Waals surface area contributed by atoms with Gasteiger partial charge in [0.05, 0.1) is 7.11 Å². The Bertz CT molecular complexity index is 1050. The van der Waals surface area contributed by atoms with Crippen molar-refractivity contribution in [1.29, 1.82) is 0 Å². The number of ether oxygens (including phenoxy) is 2. The molecular formula is C26H27NO3. The van der Waals surface area contributed by atoms with Crippen LogP contribution < -0.4 is 14.8 Å². The van der Waals surface area contributed by atoms with Gasteiger partial charge in [0.1, 0.15) is 6.61 Å². The highest BCUT2D eigenvalue weighted by molar-refractivity contribution is 6.02.